The van der Waals surface area contributed by atoms with Crippen LogP contribution < -0.4 is 10.0 Å². The van der Waals surface area contributed by atoms with E-state index in [0.29, 0.717) is 12.1 Å². The van der Waals surface area contributed by atoms with Crippen LogP contribution in [0.2, 0.25) is 0 Å². The van der Waals surface area contributed by atoms with Gasteiger partial charge in [0.15, 0.2) is 0 Å². The molecule has 0 radical (unpaired) electrons. The van der Waals surface area contributed by atoms with Gasteiger partial charge in [0.2, 0.25) is 10.0 Å². The third-order valence-electron chi connectivity index (χ3n) is 6.08. The van der Waals surface area contributed by atoms with Gasteiger partial charge >= 0.3 is 0 Å². The zero-order valence-electron chi connectivity index (χ0n) is 18.0. The highest BCUT2D eigenvalue weighted by Crippen LogP contribution is 2.22. The number of carbonyl (C=O) groups is 1. The minimum atomic E-state index is -3.50. The summed E-state index contributed by atoms with van der Waals surface area (Å²) >= 11 is 0. The SMILES string of the molecule is CC1CCN(Cc2ccc(CNC(=O)c3ccc(S(=O)(=O)NC4CC4)cc3)cc2)CC1. The third kappa shape index (κ3) is 6.15. The monoisotopic (exact) mass is 441 g/mol. The molecule has 0 unspecified atom stereocenters. The van der Waals surface area contributed by atoms with Gasteiger partial charge in [0, 0.05) is 24.7 Å². The molecule has 1 heterocycles. The number of rotatable bonds is 8. The number of benzene rings is 2. The van der Waals surface area contributed by atoms with E-state index in [-0.39, 0.29) is 16.8 Å². The summed E-state index contributed by atoms with van der Waals surface area (Å²) in [6.07, 6.45) is 4.32. The lowest BCUT2D eigenvalue weighted by atomic mass is 9.99. The Balaban J connectivity index is 1.27. The first-order chi connectivity index (χ1) is 14.9. The number of hydrogen-bond acceptors (Lipinski definition) is 4. The summed E-state index contributed by atoms with van der Waals surface area (Å²) in [5.74, 6) is 0.618. The van der Waals surface area contributed by atoms with E-state index >= 15 is 0 Å². The third-order valence-corrected chi connectivity index (χ3v) is 7.62. The van der Waals surface area contributed by atoms with Crippen molar-refractivity contribution in [1.29, 1.82) is 0 Å². The van der Waals surface area contributed by atoms with E-state index in [1.807, 2.05) is 0 Å². The molecule has 4 rings (SSSR count). The van der Waals surface area contributed by atoms with E-state index < -0.39 is 10.0 Å². The average molecular weight is 442 g/mol. The second kappa shape index (κ2) is 9.51. The molecule has 0 spiro atoms. The number of sulfonamides is 1. The lowest BCUT2D eigenvalue weighted by molar-refractivity contribution is 0.0951. The summed E-state index contributed by atoms with van der Waals surface area (Å²) in [7, 11) is -3.50. The van der Waals surface area contributed by atoms with Crippen molar-refractivity contribution in [1.82, 2.24) is 14.9 Å². The lowest BCUT2D eigenvalue weighted by Gasteiger charge is -2.30. The van der Waals surface area contributed by atoms with Crippen LogP contribution in [-0.2, 0) is 23.1 Å². The fraction of sp³-hybridized carbons (Fsp3) is 0.458. The predicted octanol–water partition coefficient (Wildman–Crippen LogP) is 3.29. The van der Waals surface area contributed by atoms with Crippen molar-refractivity contribution in [3.8, 4) is 0 Å². The van der Waals surface area contributed by atoms with Gasteiger partial charge in [-0.2, -0.15) is 0 Å². The molecule has 0 atom stereocenters. The molecule has 31 heavy (non-hydrogen) atoms. The Hall–Kier alpha value is -2.22. The maximum atomic E-state index is 12.4. The van der Waals surface area contributed by atoms with Crippen molar-refractivity contribution in [2.24, 2.45) is 5.92 Å². The fourth-order valence-corrected chi connectivity index (χ4v) is 5.10. The predicted molar refractivity (Wildman–Crippen MR) is 121 cm³/mol. The molecule has 2 aliphatic rings. The largest absolute Gasteiger partial charge is 0.348 e. The topological polar surface area (TPSA) is 78.5 Å². The van der Waals surface area contributed by atoms with Crippen LogP contribution >= 0.6 is 0 Å². The van der Waals surface area contributed by atoms with Crippen molar-refractivity contribution in [2.45, 2.75) is 56.6 Å². The molecule has 2 fully saturated rings. The average Bonchev–Trinajstić information content (AvgIpc) is 3.58. The van der Waals surface area contributed by atoms with Crippen LogP contribution in [0.4, 0.5) is 0 Å². The maximum Gasteiger partial charge on any atom is 0.251 e. The first kappa shape index (κ1) is 22.0. The van der Waals surface area contributed by atoms with Crippen LogP contribution in [0.15, 0.2) is 53.4 Å². The molecule has 7 heteroatoms. The summed E-state index contributed by atoms with van der Waals surface area (Å²) < 4.78 is 27.1. The van der Waals surface area contributed by atoms with Crippen LogP contribution in [0.3, 0.4) is 0 Å². The Morgan fingerprint density at radius 2 is 1.55 bits per heavy atom. The number of likely N-dealkylation sites (tertiary alicyclic amines) is 1. The second-order valence-electron chi connectivity index (χ2n) is 8.88. The van der Waals surface area contributed by atoms with Gasteiger partial charge in [-0.15, -0.1) is 0 Å². The standard InChI is InChI=1S/C24H31N3O3S/c1-18-12-14-27(15-13-18)17-20-4-2-19(3-5-20)16-25-24(28)21-6-10-23(11-7-21)31(29,30)26-22-8-9-22/h2-7,10-11,18,22,26H,8-9,12-17H2,1H3,(H,25,28). The van der Waals surface area contributed by atoms with Crippen LogP contribution in [0.1, 0.15) is 54.1 Å². The highest BCUT2D eigenvalue weighted by atomic mass is 32.2. The van der Waals surface area contributed by atoms with Gasteiger partial charge in [-0.05, 0) is 80.1 Å². The van der Waals surface area contributed by atoms with Crippen molar-refractivity contribution in [3.05, 3.63) is 65.2 Å². The van der Waals surface area contributed by atoms with E-state index in [0.717, 1.165) is 44.0 Å². The van der Waals surface area contributed by atoms with Crippen LogP contribution in [0.5, 0.6) is 0 Å². The fourth-order valence-electron chi connectivity index (χ4n) is 3.80. The Kier molecular flexibility index (Phi) is 6.74. The van der Waals surface area contributed by atoms with Gasteiger partial charge in [0.25, 0.3) is 5.91 Å². The van der Waals surface area contributed by atoms with Crippen molar-refractivity contribution >= 4 is 15.9 Å². The highest BCUT2D eigenvalue weighted by Gasteiger charge is 2.28. The van der Waals surface area contributed by atoms with Crippen LogP contribution in [0.25, 0.3) is 0 Å². The molecule has 2 N–H and O–H groups in total. The van der Waals surface area contributed by atoms with E-state index in [1.54, 1.807) is 12.1 Å². The number of carbonyl (C=O) groups excluding carboxylic acids is 1. The molecular weight excluding hydrogens is 410 g/mol. The molecule has 1 aliphatic heterocycles. The smallest absolute Gasteiger partial charge is 0.251 e. The molecule has 1 saturated heterocycles. The van der Waals surface area contributed by atoms with E-state index in [1.165, 1.54) is 30.5 Å². The van der Waals surface area contributed by atoms with Crippen molar-refractivity contribution in [3.63, 3.8) is 0 Å². The van der Waals surface area contributed by atoms with Crippen molar-refractivity contribution < 1.29 is 13.2 Å². The van der Waals surface area contributed by atoms with Crippen molar-refractivity contribution in [2.75, 3.05) is 13.1 Å². The quantitative estimate of drug-likeness (QED) is 0.659. The molecular formula is C24H31N3O3S. The lowest BCUT2D eigenvalue weighted by Crippen LogP contribution is -2.32. The van der Waals surface area contributed by atoms with E-state index in [2.05, 4.69) is 46.1 Å². The zero-order chi connectivity index (χ0) is 21.8. The Bertz CT molecular complexity index is 991. The minimum Gasteiger partial charge on any atom is -0.348 e. The van der Waals surface area contributed by atoms with E-state index in [9.17, 15) is 13.2 Å². The molecule has 1 amide bonds. The number of amides is 1. The minimum absolute atomic E-state index is 0.0583. The van der Waals surface area contributed by atoms with Gasteiger partial charge in [-0.25, -0.2) is 13.1 Å². The molecule has 1 saturated carbocycles. The summed E-state index contributed by atoms with van der Waals surface area (Å²) in [6.45, 7) is 6.06. The van der Waals surface area contributed by atoms with Crippen LogP contribution in [0, 0.1) is 5.92 Å². The molecule has 1 aliphatic carbocycles. The van der Waals surface area contributed by atoms with Crippen LogP contribution in [-0.4, -0.2) is 38.4 Å². The normalized spacial score (nSPS) is 18.1. The number of hydrogen-bond donors (Lipinski definition) is 2. The summed E-state index contributed by atoms with van der Waals surface area (Å²) in [5, 5.41) is 2.91. The van der Waals surface area contributed by atoms with Gasteiger partial charge in [-0.3, -0.25) is 9.69 Å². The summed E-state index contributed by atoms with van der Waals surface area (Å²) in [6, 6.07) is 14.5. The molecule has 2 aromatic rings. The molecule has 166 valence electrons. The zero-order valence-corrected chi connectivity index (χ0v) is 18.8. The molecule has 0 aromatic heterocycles. The Labute approximate surface area is 185 Å². The second-order valence-corrected chi connectivity index (χ2v) is 10.6. The number of piperidine rings is 1. The Morgan fingerprint density at radius 1 is 0.935 bits per heavy atom. The number of nitrogens with one attached hydrogen (secondary N) is 2. The van der Waals surface area contributed by atoms with Gasteiger partial charge < -0.3 is 5.32 Å². The molecule has 2 aromatic carbocycles. The van der Waals surface area contributed by atoms with E-state index in [4.69, 9.17) is 0 Å². The first-order valence-corrected chi connectivity index (χ1v) is 12.6. The Morgan fingerprint density at radius 3 is 2.16 bits per heavy atom. The molecule has 0 bridgehead atoms. The summed E-state index contributed by atoms with van der Waals surface area (Å²) in [5.41, 5.74) is 2.78. The summed E-state index contributed by atoms with van der Waals surface area (Å²) in [4.78, 5) is 15.1. The highest BCUT2D eigenvalue weighted by molar-refractivity contribution is 7.89. The van der Waals surface area contributed by atoms with Gasteiger partial charge in [0.05, 0.1) is 4.90 Å². The van der Waals surface area contributed by atoms with Gasteiger partial charge in [0.1, 0.15) is 0 Å². The first-order valence-electron chi connectivity index (χ1n) is 11.1. The van der Waals surface area contributed by atoms with Gasteiger partial charge in [-0.1, -0.05) is 31.2 Å². The maximum absolute atomic E-state index is 12.4. The molecule has 6 nitrogen and oxygen atoms in total. The number of nitrogens with zero attached hydrogens (tertiary/aromatic N) is 1.